The van der Waals surface area contributed by atoms with Gasteiger partial charge in [-0.25, -0.2) is 4.39 Å². The molecule has 3 fully saturated rings. The van der Waals surface area contributed by atoms with E-state index in [4.69, 9.17) is 0 Å². The third-order valence-corrected chi connectivity index (χ3v) is 8.15. The van der Waals surface area contributed by atoms with Gasteiger partial charge in [0.25, 0.3) is 5.91 Å². The monoisotopic (exact) mass is 505 g/mol. The molecule has 0 radical (unpaired) electrons. The van der Waals surface area contributed by atoms with E-state index >= 15 is 0 Å². The van der Waals surface area contributed by atoms with Crippen LogP contribution in [0, 0.1) is 11.7 Å². The molecular formula is C32H44FN3O. The molecule has 6 rings (SSSR count). The van der Waals surface area contributed by atoms with E-state index < -0.39 is 0 Å². The minimum absolute atomic E-state index is 0.137. The first kappa shape index (κ1) is 27.4. The van der Waals surface area contributed by atoms with Crippen LogP contribution in [0.2, 0.25) is 0 Å². The van der Waals surface area contributed by atoms with Crippen LogP contribution in [-0.4, -0.2) is 53.5 Å². The van der Waals surface area contributed by atoms with Crippen molar-refractivity contribution >= 4 is 16.8 Å². The number of hydrogen-bond donors (Lipinski definition) is 0. The van der Waals surface area contributed by atoms with Crippen LogP contribution in [0.5, 0.6) is 0 Å². The van der Waals surface area contributed by atoms with Crippen LogP contribution in [0.15, 0.2) is 54.7 Å². The molecule has 3 aliphatic rings. The summed E-state index contributed by atoms with van der Waals surface area (Å²) in [5.74, 6) is 1.29. The predicted octanol–water partition coefficient (Wildman–Crippen LogP) is 7.25. The van der Waals surface area contributed by atoms with Gasteiger partial charge in [-0.1, -0.05) is 63.3 Å². The van der Waals surface area contributed by atoms with Crippen molar-refractivity contribution in [2.45, 2.75) is 64.2 Å². The largest absolute Gasteiger partial charge is 0.350 e. The van der Waals surface area contributed by atoms with Crippen molar-refractivity contribution in [3.63, 3.8) is 0 Å². The lowest BCUT2D eigenvalue weighted by Crippen LogP contribution is -2.29. The number of piperidine rings is 1. The molecule has 1 amide bonds. The Balaban J connectivity index is 0.000000149. The quantitative estimate of drug-likeness (QED) is 0.367. The van der Waals surface area contributed by atoms with Crippen LogP contribution < -0.4 is 0 Å². The molecule has 2 aliphatic heterocycles. The maximum absolute atomic E-state index is 12.7. The average Bonchev–Trinajstić information content (AvgIpc) is 3.69. The van der Waals surface area contributed by atoms with Gasteiger partial charge in [-0.05, 0) is 81.1 Å². The molecule has 200 valence electrons. The minimum atomic E-state index is -0.137. The summed E-state index contributed by atoms with van der Waals surface area (Å²) in [5, 5.41) is 1.13. The Morgan fingerprint density at radius 2 is 1.49 bits per heavy atom. The van der Waals surface area contributed by atoms with E-state index in [9.17, 15) is 9.18 Å². The first-order chi connectivity index (χ1) is 17.9. The van der Waals surface area contributed by atoms with Crippen LogP contribution in [-0.2, 0) is 7.05 Å². The number of carbonyl (C=O) groups is 1. The molecule has 0 unspecified atom stereocenters. The van der Waals surface area contributed by atoms with Gasteiger partial charge < -0.3 is 14.4 Å². The highest BCUT2D eigenvalue weighted by atomic mass is 19.1. The fourth-order valence-electron chi connectivity index (χ4n) is 5.78. The minimum Gasteiger partial charge on any atom is -0.350 e. The third kappa shape index (κ3) is 7.44. The predicted molar refractivity (Wildman–Crippen MR) is 152 cm³/mol. The van der Waals surface area contributed by atoms with Crippen molar-refractivity contribution in [3.8, 4) is 0 Å². The van der Waals surface area contributed by atoms with E-state index in [2.05, 4.69) is 31.0 Å². The molecule has 1 atom stereocenters. The number of halogens is 1. The van der Waals surface area contributed by atoms with Gasteiger partial charge in [-0.3, -0.25) is 4.79 Å². The summed E-state index contributed by atoms with van der Waals surface area (Å²) < 4.78 is 14.7. The lowest BCUT2D eigenvalue weighted by Gasteiger charge is -2.29. The topological polar surface area (TPSA) is 28.5 Å². The second kappa shape index (κ2) is 13.2. The number of aromatic nitrogens is 1. The Bertz CT molecular complexity index is 1120. The molecule has 2 aromatic carbocycles. The Hall–Kier alpha value is -2.66. The maximum atomic E-state index is 12.7. The van der Waals surface area contributed by atoms with Crippen LogP contribution in [0.1, 0.15) is 80.1 Å². The number of benzene rings is 2. The smallest absolute Gasteiger partial charge is 0.256 e. The van der Waals surface area contributed by atoms with E-state index in [0.717, 1.165) is 49.1 Å². The summed E-state index contributed by atoms with van der Waals surface area (Å²) in [5.41, 5.74) is 3.16. The van der Waals surface area contributed by atoms with Crippen molar-refractivity contribution in [2.75, 3.05) is 33.2 Å². The zero-order chi connectivity index (χ0) is 26.2. The fourth-order valence-corrected chi connectivity index (χ4v) is 5.78. The highest BCUT2D eigenvalue weighted by molar-refractivity contribution is 6.06. The Morgan fingerprint density at radius 3 is 2.08 bits per heavy atom. The molecule has 4 nitrogen and oxygen atoms in total. The fraction of sp³-hybridized carbons (Fsp3) is 0.531. The van der Waals surface area contributed by atoms with Crippen molar-refractivity contribution in [2.24, 2.45) is 13.0 Å². The number of aryl methyl sites for hydroxylation is 1. The number of amides is 1. The van der Waals surface area contributed by atoms with Gasteiger partial charge in [-0.15, -0.1) is 0 Å². The number of carbonyl (C=O) groups excluding carboxylic acids is 1. The summed E-state index contributed by atoms with van der Waals surface area (Å²) >= 11 is 0. The summed E-state index contributed by atoms with van der Waals surface area (Å²) in [6.45, 7) is 6.29. The molecule has 0 bridgehead atoms. The SMILES string of the molecule is C1CCCC1.CN1CCC(c2ccc(F)cc2)CC1.C[C@H]1CCN(C(=O)c2cccc3ccn(C)c23)C1. The summed E-state index contributed by atoms with van der Waals surface area (Å²) in [4.78, 5) is 16.9. The van der Waals surface area contributed by atoms with E-state index in [1.54, 1.807) is 12.1 Å². The average molecular weight is 506 g/mol. The molecule has 3 aromatic rings. The van der Waals surface area contributed by atoms with Gasteiger partial charge in [0, 0.05) is 31.7 Å². The van der Waals surface area contributed by atoms with Crippen molar-refractivity contribution in [1.29, 1.82) is 0 Å². The first-order valence-corrected chi connectivity index (χ1v) is 14.2. The molecule has 0 N–H and O–H groups in total. The molecule has 1 aromatic heterocycles. The highest BCUT2D eigenvalue weighted by Gasteiger charge is 2.25. The Labute approximate surface area is 222 Å². The van der Waals surface area contributed by atoms with Gasteiger partial charge >= 0.3 is 0 Å². The molecule has 0 spiro atoms. The summed E-state index contributed by atoms with van der Waals surface area (Å²) in [7, 11) is 4.15. The molecular weight excluding hydrogens is 461 g/mol. The summed E-state index contributed by atoms with van der Waals surface area (Å²) in [6.07, 6.45) is 13.0. The van der Waals surface area contributed by atoms with Crippen LogP contribution in [0.25, 0.3) is 10.9 Å². The summed E-state index contributed by atoms with van der Waals surface area (Å²) in [6, 6.07) is 15.0. The number of fused-ring (bicyclic) bond motifs is 1. The molecule has 5 heteroatoms. The zero-order valence-corrected chi connectivity index (χ0v) is 23.0. The number of likely N-dealkylation sites (tertiary alicyclic amines) is 2. The number of nitrogens with zero attached hydrogens (tertiary/aromatic N) is 3. The highest BCUT2D eigenvalue weighted by Crippen LogP contribution is 2.27. The van der Waals surface area contributed by atoms with E-state index in [-0.39, 0.29) is 11.7 Å². The van der Waals surface area contributed by atoms with Crippen molar-refractivity contribution in [1.82, 2.24) is 14.4 Å². The zero-order valence-electron chi connectivity index (χ0n) is 23.0. The normalized spacial score (nSPS) is 20.3. The van der Waals surface area contributed by atoms with Gasteiger partial charge in [0.05, 0.1) is 11.1 Å². The van der Waals surface area contributed by atoms with Gasteiger partial charge in [0.1, 0.15) is 5.82 Å². The lowest BCUT2D eigenvalue weighted by atomic mass is 9.90. The van der Waals surface area contributed by atoms with E-state index in [0.29, 0.717) is 11.8 Å². The first-order valence-electron chi connectivity index (χ1n) is 14.2. The molecule has 2 saturated heterocycles. The molecule has 1 aliphatic carbocycles. The lowest BCUT2D eigenvalue weighted by molar-refractivity contribution is 0.0789. The second-order valence-corrected chi connectivity index (χ2v) is 11.2. The van der Waals surface area contributed by atoms with Crippen molar-refractivity contribution < 1.29 is 9.18 Å². The second-order valence-electron chi connectivity index (χ2n) is 11.2. The van der Waals surface area contributed by atoms with E-state index in [1.165, 1.54) is 50.5 Å². The van der Waals surface area contributed by atoms with Gasteiger partial charge in [-0.2, -0.15) is 0 Å². The Kier molecular flexibility index (Phi) is 9.79. The third-order valence-electron chi connectivity index (χ3n) is 8.15. The number of hydrogen-bond acceptors (Lipinski definition) is 2. The van der Waals surface area contributed by atoms with Gasteiger partial charge in [0.2, 0.25) is 0 Å². The van der Waals surface area contributed by atoms with Crippen molar-refractivity contribution in [3.05, 3.63) is 71.7 Å². The number of para-hydroxylation sites is 1. The van der Waals surface area contributed by atoms with Gasteiger partial charge in [0.15, 0.2) is 0 Å². The molecule has 1 saturated carbocycles. The van der Waals surface area contributed by atoms with Crippen LogP contribution >= 0.6 is 0 Å². The maximum Gasteiger partial charge on any atom is 0.256 e. The van der Waals surface area contributed by atoms with E-state index in [1.807, 2.05) is 47.0 Å². The molecule has 37 heavy (non-hydrogen) atoms. The number of rotatable bonds is 2. The van der Waals surface area contributed by atoms with Crippen LogP contribution in [0.4, 0.5) is 4.39 Å². The van der Waals surface area contributed by atoms with Crippen LogP contribution in [0.3, 0.4) is 0 Å². The Morgan fingerprint density at radius 1 is 0.838 bits per heavy atom. The molecule has 3 heterocycles. The standard InChI is InChI=1S/C15H18N2O.C12H16FN.C5H10/c1-11-6-9-17(10-11)15(18)13-5-3-4-12-7-8-16(2)14(12)13;1-14-8-6-11(7-9-14)10-2-4-12(13)5-3-10;1-2-4-5-3-1/h3-5,7-8,11H,6,9-10H2,1-2H3;2-5,11H,6-9H2,1H3;1-5H2/t11-;;/m0../s1.